The number of Topliss-reactive ketones (excluding diaryl/α,β-unsaturated/α-hetero) is 1. The number of fused-ring (bicyclic) bond motifs is 1. The largest absolute Gasteiger partial charge is 0.449 e. The smallest absolute Gasteiger partial charge is 0.263 e. The van der Waals surface area contributed by atoms with Crippen LogP contribution in [0.15, 0.2) is 64.7 Å². The molecule has 4 rings (SSSR count). The fraction of sp³-hybridized carbons (Fsp3) is 0.0500. The van der Waals surface area contributed by atoms with Crippen LogP contribution in [0.4, 0.5) is 0 Å². The second-order valence-electron chi connectivity index (χ2n) is 5.53. The topological polar surface area (TPSA) is 35.5 Å². The van der Waals surface area contributed by atoms with Crippen LogP contribution in [0.3, 0.4) is 0 Å². The monoisotopic (exact) mass is 366 g/mol. The molecule has 3 nitrogen and oxygen atoms in total. The van der Waals surface area contributed by atoms with Crippen LogP contribution in [-0.4, -0.2) is 5.78 Å². The molecular weight excluding hydrogens is 352 g/mol. The third-order valence-corrected chi connectivity index (χ3v) is 5.26. The van der Waals surface area contributed by atoms with Gasteiger partial charge in [-0.3, -0.25) is 4.79 Å². The number of thiophene rings is 2. The van der Waals surface area contributed by atoms with Crippen molar-refractivity contribution in [1.29, 1.82) is 0 Å². The molecular formula is C20H14O3S2. The molecule has 1 aromatic carbocycles. The second-order valence-corrected chi connectivity index (χ2v) is 7.49. The van der Waals surface area contributed by atoms with Gasteiger partial charge < -0.3 is 9.47 Å². The van der Waals surface area contributed by atoms with Crippen LogP contribution in [0.5, 0.6) is 11.5 Å². The Labute approximate surface area is 153 Å². The standard InChI is InChI=1S/C20H14O3S2/c1-13-6-7-16-17(10-13)23-19(12-15-5-3-9-25-15)20(21)18(22-16)11-14-4-2-8-24-14/h2-12H,1H3/b18-11-,19-12-. The molecule has 0 N–H and O–H groups in total. The molecule has 0 amide bonds. The quantitative estimate of drug-likeness (QED) is 0.559. The number of hydrogen-bond donors (Lipinski definition) is 0. The number of benzene rings is 1. The van der Waals surface area contributed by atoms with Crippen molar-refractivity contribution in [1.82, 2.24) is 0 Å². The lowest BCUT2D eigenvalue weighted by Crippen LogP contribution is -2.11. The molecule has 0 saturated heterocycles. The van der Waals surface area contributed by atoms with Gasteiger partial charge in [-0.05, 0) is 47.5 Å². The number of aryl methyl sites for hydroxylation is 1. The molecule has 3 aromatic rings. The van der Waals surface area contributed by atoms with Gasteiger partial charge in [0.1, 0.15) is 0 Å². The Balaban J connectivity index is 1.83. The van der Waals surface area contributed by atoms with Crippen molar-refractivity contribution < 1.29 is 14.3 Å². The summed E-state index contributed by atoms with van der Waals surface area (Å²) in [6.45, 7) is 1.97. The summed E-state index contributed by atoms with van der Waals surface area (Å²) in [6.07, 6.45) is 3.52. The average Bonchev–Trinajstić information content (AvgIpc) is 3.27. The zero-order chi connectivity index (χ0) is 17.2. The number of carbonyl (C=O) groups excluding carboxylic acids is 1. The molecule has 0 fully saturated rings. The number of carbonyl (C=O) groups is 1. The summed E-state index contributed by atoms with van der Waals surface area (Å²) in [7, 11) is 0. The summed E-state index contributed by atoms with van der Waals surface area (Å²) >= 11 is 3.10. The average molecular weight is 366 g/mol. The third kappa shape index (κ3) is 3.43. The van der Waals surface area contributed by atoms with Crippen molar-refractivity contribution in [2.45, 2.75) is 6.92 Å². The Morgan fingerprint density at radius 3 is 2.00 bits per heavy atom. The van der Waals surface area contributed by atoms with Gasteiger partial charge in [0.2, 0.25) is 0 Å². The lowest BCUT2D eigenvalue weighted by molar-refractivity contribution is -0.115. The lowest BCUT2D eigenvalue weighted by atomic mass is 10.2. The summed E-state index contributed by atoms with van der Waals surface area (Å²) in [4.78, 5) is 14.9. The molecule has 0 saturated carbocycles. The summed E-state index contributed by atoms with van der Waals surface area (Å²) < 4.78 is 11.8. The summed E-state index contributed by atoms with van der Waals surface area (Å²) in [5, 5.41) is 3.92. The van der Waals surface area contributed by atoms with Gasteiger partial charge in [-0.25, -0.2) is 0 Å². The third-order valence-electron chi connectivity index (χ3n) is 3.62. The maximum atomic E-state index is 13.0. The number of rotatable bonds is 2. The Morgan fingerprint density at radius 2 is 1.44 bits per heavy atom. The van der Waals surface area contributed by atoms with E-state index >= 15 is 0 Å². The van der Waals surface area contributed by atoms with Crippen molar-refractivity contribution in [3.63, 3.8) is 0 Å². The van der Waals surface area contributed by atoms with Crippen molar-refractivity contribution >= 4 is 40.6 Å². The van der Waals surface area contributed by atoms with E-state index in [0.717, 1.165) is 15.3 Å². The Hall–Kier alpha value is -2.63. The summed E-state index contributed by atoms with van der Waals surface area (Å²) in [6, 6.07) is 13.4. The molecule has 1 aliphatic rings. The minimum Gasteiger partial charge on any atom is -0.449 e. The first-order valence-corrected chi connectivity index (χ1v) is 9.46. The first-order valence-electron chi connectivity index (χ1n) is 7.70. The number of ether oxygens (including phenoxy) is 2. The van der Waals surface area contributed by atoms with Gasteiger partial charge in [0.15, 0.2) is 23.0 Å². The Kier molecular flexibility index (Phi) is 4.26. The van der Waals surface area contributed by atoms with E-state index < -0.39 is 0 Å². The number of ketones is 1. The van der Waals surface area contributed by atoms with Crippen LogP contribution >= 0.6 is 22.7 Å². The van der Waals surface area contributed by atoms with E-state index in [1.54, 1.807) is 34.8 Å². The van der Waals surface area contributed by atoms with Crippen LogP contribution < -0.4 is 9.47 Å². The fourth-order valence-corrected chi connectivity index (χ4v) is 3.72. The van der Waals surface area contributed by atoms with Gasteiger partial charge >= 0.3 is 0 Å². The Bertz CT molecular complexity index is 965. The minimum atomic E-state index is -0.268. The lowest BCUT2D eigenvalue weighted by Gasteiger charge is -2.07. The molecule has 0 unspecified atom stereocenters. The minimum absolute atomic E-state index is 0.257. The molecule has 0 aliphatic carbocycles. The van der Waals surface area contributed by atoms with Crippen molar-refractivity contribution in [2.24, 2.45) is 0 Å². The van der Waals surface area contributed by atoms with E-state index in [1.165, 1.54) is 0 Å². The molecule has 124 valence electrons. The highest BCUT2D eigenvalue weighted by Crippen LogP contribution is 2.36. The van der Waals surface area contributed by atoms with Crippen molar-refractivity contribution in [2.75, 3.05) is 0 Å². The van der Waals surface area contributed by atoms with Gasteiger partial charge in [0.25, 0.3) is 5.78 Å². The zero-order valence-electron chi connectivity index (χ0n) is 13.4. The van der Waals surface area contributed by atoms with Crippen LogP contribution in [0.1, 0.15) is 15.3 Å². The zero-order valence-corrected chi connectivity index (χ0v) is 15.0. The Morgan fingerprint density at radius 1 is 0.840 bits per heavy atom. The van der Waals surface area contributed by atoms with Gasteiger partial charge in [0.05, 0.1) is 0 Å². The molecule has 0 bridgehead atoms. The van der Waals surface area contributed by atoms with Gasteiger partial charge in [-0.2, -0.15) is 0 Å². The fourth-order valence-electron chi connectivity index (χ4n) is 2.43. The predicted octanol–water partition coefficient (Wildman–Crippen LogP) is 5.54. The van der Waals surface area contributed by atoms with Gasteiger partial charge in [0, 0.05) is 21.9 Å². The predicted molar refractivity (Wildman–Crippen MR) is 102 cm³/mol. The van der Waals surface area contributed by atoms with E-state index in [0.29, 0.717) is 11.5 Å². The SMILES string of the molecule is Cc1ccc2c(c1)O/C(=C\c1cccs1)C(=O)/C(=C/c1cccs1)O2. The van der Waals surface area contributed by atoms with E-state index in [-0.39, 0.29) is 17.3 Å². The molecule has 25 heavy (non-hydrogen) atoms. The maximum absolute atomic E-state index is 13.0. The van der Waals surface area contributed by atoms with E-state index in [9.17, 15) is 4.79 Å². The van der Waals surface area contributed by atoms with E-state index in [1.807, 2.05) is 60.1 Å². The first-order chi connectivity index (χ1) is 12.2. The molecule has 5 heteroatoms. The molecule has 0 spiro atoms. The van der Waals surface area contributed by atoms with Gasteiger partial charge in [-0.15, -0.1) is 22.7 Å². The second kappa shape index (κ2) is 6.70. The van der Waals surface area contributed by atoms with Crippen LogP contribution in [0.25, 0.3) is 12.2 Å². The maximum Gasteiger partial charge on any atom is 0.263 e. The normalized spacial score (nSPS) is 17.1. The highest BCUT2D eigenvalue weighted by molar-refractivity contribution is 7.11. The van der Waals surface area contributed by atoms with Crippen molar-refractivity contribution in [3.8, 4) is 11.5 Å². The molecule has 0 radical (unpaired) electrons. The highest BCUT2D eigenvalue weighted by atomic mass is 32.1. The molecule has 0 atom stereocenters. The molecule has 3 heterocycles. The van der Waals surface area contributed by atoms with Gasteiger partial charge in [-0.1, -0.05) is 18.2 Å². The van der Waals surface area contributed by atoms with Crippen molar-refractivity contribution in [3.05, 3.63) is 80.1 Å². The van der Waals surface area contributed by atoms with Crippen LogP contribution in [-0.2, 0) is 4.79 Å². The van der Waals surface area contributed by atoms with Crippen LogP contribution in [0, 0.1) is 6.92 Å². The highest BCUT2D eigenvalue weighted by Gasteiger charge is 2.26. The molecule has 2 aromatic heterocycles. The van der Waals surface area contributed by atoms with E-state index in [2.05, 4.69) is 0 Å². The summed E-state index contributed by atoms with van der Waals surface area (Å²) in [5.41, 5.74) is 1.04. The summed E-state index contributed by atoms with van der Waals surface area (Å²) in [5.74, 6) is 1.33. The van der Waals surface area contributed by atoms with E-state index in [4.69, 9.17) is 9.47 Å². The first kappa shape index (κ1) is 15.9. The molecule has 1 aliphatic heterocycles. The number of hydrogen-bond acceptors (Lipinski definition) is 5. The van der Waals surface area contributed by atoms with Crippen LogP contribution in [0.2, 0.25) is 0 Å².